The van der Waals surface area contributed by atoms with Gasteiger partial charge < -0.3 is 10.6 Å². The molecule has 0 bridgehead atoms. The second-order valence-electron chi connectivity index (χ2n) is 7.54. The van der Waals surface area contributed by atoms with E-state index >= 15 is 0 Å². The van der Waals surface area contributed by atoms with Gasteiger partial charge in [-0.25, -0.2) is 4.39 Å². The van der Waals surface area contributed by atoms with Crippen molar-refractivity contribution >= 4 is 22.7 Å². The maximum absolute atomic E-state index is 13.5. The van der Waals surface area contributed by atoms with E-state index < -0.39 is 5.91 Å². The molecule has 0 spiro atoms. The molecule has 2 aromatic rings. The quantitative estimate of drug-likeness (QED) is 0.920. The third-order valence-corrected chi connectivity index (χ3v) is 5.69. The number of halogens is 1. The fraction of sp³-hybridized carbons (Fsp3) is 0.450. The van der Waals surface area contributed by atoms with Crippen molar-refractivity contribution in [2.75, 3.05) is 13.1 Å². The van der Waals surface area contributed by atoms with Crippen molar-refractivity contribution < 1.29 is 14.0 Å². The Bertz CT molecular complexity index is 890. The van der Waals surface area contributed by atoms with Gasteiger partial charge in [0.2, 0.25) is 5.91 Å². The Morgan fingerprint density at radius 2 is 1.92 bits per heavy atom. The third-order valence-electron chi connectivity index (χ3n) is 5.69. The summed E-state index contributed by atoms with van der Waals surface area (Å²) in [5.41, 5.74) is 7.22. The summed E-state index contributed by atoms with van der Waals surface area (Å²) in [5.74, 6) is 0.110. The van der Waals surface area contributed by atoms with Gasteiger partial charge in [0.15, 0.2) is 0 Å². The van der Waals surface area contributed by atoms with Crippen LogP contribution in [0.3, 0.4) is 0 Å². The molecule has 6 heteroatoms. The first-order valence-electron chi connectivity index (χ1n) is 9.13. The number of nitrogens with two attached hydrogens (primary N) is 1. The number of pyridine rings is 1. The molecule has 1 saturated carbocycles. The predicted octanol–water partition coefficient (Wildman–Crippen LogP) is 2.83. The molecule has 2 fully saturated rings. The van der Waals surface area contributed by atoms with Gasteiger partial charge in [-0.2, -0.15) is 0 Å². The van der Waals surface area contributed by atoms with Crippen LogP contribution in [-0.2, 0) is 4.79 Å². The average Bonchev–Trinajstić information content (AvgIpc) is 3.36. The Kier molecular flexibility index (Phi) is 4.13. The van der Waals surface area contributed by atoms with Crippen LogP contribution >= 0.6 is 0 Å². The molecule has 2 aliphatic rings. The van der Waals surface area contributed by atoms with Crippen LogP contribution in [0.15, 0.2) is 24.3 Å². The zero-order valence-electron chi connectivity index (χ0n) is 14.7. The van der Waals surface area contributed by atoms with Gasteiger partial charge in [0.25, 0.3) is 5.91 Å². The molecule has 1 aromatic carbocycles. The molecule has 26 heavy (non-hydrogen) atoms. The number of piperidine rings is 1. The lowest BCUT2D eigenvalue weighted by atomic mass is 9.89. The zero-order valence-corrected chi connectivity index (χ0v) is 14.7. The van der Waals surface area contributed by atoms with Gasteiger partial charge in [-0.3, -0.25) is 14.6 Å². The van der Waals surface area contributed by atoms with Gasteiger partial charge in [0, 0.05) is 30.3 Å². The van der Waals surface area contributed by atoms with Crippen molar-refractivity contribution in [2.24, 2.45) is 17.6 Å². The Labute approximate surface area is 151 Å². The highest BCUT2D eigenvalue weighted by atomic mass is 19.1. The molecule has 2 atom stereocenters. The molecule has 5 nitrogen and oxygen atoms in total. The highest BCUT2D eigenvalue weighted by Crippen LogP contribution is 2.40. The number of carbonyl (C=O) groups is 2. The maximum Gasteiger partial charge on any atom is 0.250 e. The van der Waals surface area contributed by atoms with Crippen LogP contribution in [0.4, 0.5) is 4.39 Å². The van der Waals surface area contributed by atoms with Crippen molar-refractivity contribution in [3.05, 3.63) is 41.3 Å². The zero-order chi connectivity index (χ0) is 18.4. The highest BCUT2D eigenvalue weighted by Gasteiger charge is 2.42. The second kappa shape index (κ2) is 6.34. The molecular formula is C20H22FN3O2. The van der Waals surface area contributed by atoms with Crippen molar-refractivity contribution in [1.29, 1.82) is 0 Å². The summed E-state index contributed by atoms with van der Waals surface area (Å²) < 4.78 is 13.5. The van der Waals surface area contributed by atoms with Gasteiger partial charge in [0.05, 0.1) is 16.8 Å². The van der Waals surface area contributed by atoms with E-state index in [0.717, 1.165) is 19.3 Å². The summed E-state index contributed by atoms with van der Waals surface area (Å²) in [7, 11) is 0. The van der Waals surface area contributed by atoms with Gasteiger partial charge in [-0.1, -0.05) is 6.92 Å². The van der Waals surface area contributed by atoms with Crippen molar-refractivity contribution in [3.63, 3.8) is 0 Å². The monoisotopic (exact) mass is 355 g/mol. The number of nitrogens with zero attached hydrogens (tertiary/aromatic N) is 2. The molecule has 136 valence electrons. The Balaban J connectivity index is 1.58. The van der Waals surface area contributed by atoms with E-state index in [4.69, 9.17) is 5.73 Å². The Morgan fingerprint density at radius 3 is 2.54 bits per heavy atom. The number of carbonyl (C=O) groups excluding carboxylic acids is 2. The number of likely N-dealkylation sites (tertiary alicyclic amines) is 1. The number of rotatable bonds is 3. The summed E-state index contributed by atoms with van der Waals surface area (Å²) in [6, 6.07) is 5.97. The van der Waals surface area contributed by atoms with Crippen molar-refractivity contribution in [1.82, 2.24) is 9.88 Å². The van der Waals surface area contributed by atoms with Gasteiger partial charge in [-0.05, 0) is 49.4 Å². The van der Waals surface area contributed by atoms with Crippen LogP contribution in [0, 0.1) is 17.7 Å². The van der Waals surface area contributed by atoms with Crippen LogP contribution in [0.2, 0.25) is 0 Å². The van der Waals surface area contributed by atoms with Crippen molar-refractivity contribution in [3.8, 4) is 0 Å². The van der Waals surface area contributed by atoms with E-state index in [1.165, 1.54) is 12.1 Å². The second-order valence-corrected chi connectivity index (χ2v) is 7.54. The molecule has 2 amide bonds. The number of fused-ring (bicyclic) bond motifs is 1. The molecular weight excluding hydrogens is 333 g/mol. The van der Waals surface area contributed by atoms with Gasteiger partial charge in [-0.15, -0.1) is 0 Å². The summed E-state index contributed by atoms with van der Waals surface area (Å²) in [5, 5.41) is 0.567. The first-order chi connectivity index (χ1) is 12.4. The van der Waals surface area contributed by atoms with E-state index in [-0.39, 0.29) is 23.6 Å². The minimum absolute atomic E-state index is 0.0765. The summed E-state index contributed by atoms with van der Waals surface area (Å²) >= 11 is 0. The van der Waals surface area contributed by atoms with E-state index in [9.17, 15) is 14.0 Å². The Hall–Kier alpha value is -2.50. The fourth-order valence-electron chi connectivity index (χ4n) is 3.94. The maximum atomic E-state index is 13.5. The number of hydrogen-bond donors (Lipinski definition) is 1. The molecule has 1 aliphatic carbocycles. The lowest BCUT2D eigenvalue weighted by molar-refractivity contribution is -0.133. The SMILES string of the molecule is C[C@@H]1C[C@@H]1C(=O)N1CCC(c2nc3ccc(F)cc3cc2C(N)=O)CC1. The highest BCUT2D eigenvalue weighted by molar-refractivity contribution is 5.97. The van der Waals surface area contributed by atoms with E-state index in [0.29, 0.717) is 41.2 Å². The largest absolute Gasteiger partial charge is 0.366 e. The number of aromatic nitrogens is 1. The summed E-state index contributed by atoms with van der Waals surface area (Å²) in [6.07, 6.45) is 2.51. The van der Waals surface area contributed by atoms with E-state index in [1.54, 1.807) is 12.1 Å². The minimum atomic E-state index is -0.552. The van der Waals surface area contributed by atoms with Crippen LogP contribution < -0.4 is 5.73 Å². The van der Waals surface area contributed by atoms with Crippen LogP contribution in [0.25, 0.3) is 10.9 Å². The normalized spacial score (nSPS) is 23.2. The third kappa shape index (κ3) is 3.04. The average molecular weight is 355 g/mol. The summed E-state index contributed by atoms with van der Waals surface area (Å²) in [6.45, 7) is 3.46. The fourth-order valence-corrected chi connectivity index (χ4v) is 3.94. The molecule has 1 aliphatic heterocycles. The molecule has 0 unspecified atom stereocenters. The van der Waals surface area contributed by atoms with E-state index in [1.807, 2.05) is 4.90 Å². The molecule has 1 aromatic heterocycles. The number of hydrogen-bond acceptors (Lipinski definition) is 3. The number of primary amides is 1. The molecule has 4 rings (SSSR count). The lowest BCUT2D eigenvalue weighted by Gasteiger charge is -2.32. The van der Waals surface area contributed by atoms with Gasteiger partial charge in [0.1, 0.15) is 5.82 Å². The lowest BCUT2D eigenvalue weighted by Crippen LogP contribution is -2.39. The minimum Gasteiger partial charge on any atom is -0.366 e. The van der Waals surface area contributed by atoms with Gasteiger partial charge >= 0.3 is 0 Å². The molecule has 2 heterocycles. The molecule has 2 N–H and O–H groups in total. The van der Waals surface area contributed by atoms with E-state index in [2.05, 4.69) is 11.9 Å². The molecule has 0 radical (unpaired) electrons. The number of benzene rings is 1. The predicted molar refractivity (Wildman–Crippen MR) is 96.0 cm³/mol. The molecule has 1 saturated heterocycles. The topological polar surface area (TPSA) is 76.3 Å². The van der Waals surface area contributed by atoms with Crippen LogP contribution in [0.5, 0.6) is 0 Å². The first kappa shape index (κ1) is 16.9. The first-order valence-corrected chi connectivity index (χ1v) is 9.13. The standard InChI is InChI=1S/C20H22FN3O2/c1-11-8-15(11)20(26)24-6-4-12(5-7-24)18-16(19(22)25)10-13-9-14(21)2-3-17(13)23-18/h2-3,9-12,15H,4-8H2,1H3,(H2,22,25)/t11-,15+/m1/s1. The van der Waals surface area contributed by atoms with Crippen molar-refractivity contribution in [2.45, 2.75) is 32.1 Å². The smallest absolute Gasteiger partial charge is 0.250 e. The van der Waals surface area contributed by atoms with Crippen LogP contribution in [-0.4, -0.2) is 34.8 Å². The number of amides is 2. The summed E-state index contributed by atoms with van der Waals surface area (Å²) in [4.78, 5) is 30.9. The van der Waals surface area contributed by atoms with Crippen LogP contribution in [0.1, 0.15) is 48.2 Å². The Morgan fingerprint density at radius 1 is 1.23 bits per heavy atom.